The standard InChI is InChI=1S/C16H18N2O4/c19-14-5-6-15(20)18(14)8-7-16(21)17-9-10-22-11-12-3-1-2-4-13(12)17/h1-4H,5-11H2. The summed E-state index contributed by atoms with van der Waals surface area (Å²) in [7, 11) is 0. The first-order valence-electron chi connectivity index (χ1n) is 7.46. The summed E-state index contributed by atoms with van der Waals surface area (Å²) in [5, 5.41) is 0. The van der Waals surface area contributed by atoms with Gasteiger partial charge in [0, 0.05) is 43.6 Å². The van der Waals surface area contributed by atoms with Crippen molar-refractivity contribution in [3.05, 3.63) is 29.8 Å². The lowest BCUT2D eigenvalue weighted by Gasteiger charge is -2.23. The average Bonchev–Trinajstić information content (AvgIpc) is 2.74. The van der Waals surface area contributed by atoms with E-state index < -0.39 is 0 Å². The Kier molecular flexibility index (Phi) is 4.20. The molecular formula is C16H18N2O4. The lowest BCUT2D eigenvalue weighted by molar-refractivity contribution is -0.138. The predicted octanol–water partition coefficient (Wildman–Crippen LogP) is 1.09. The molecule has 22 heavy (non-hydrogen) atoms. The van der Waals surface area contributed by atoms with Gasteiger partial charge >= 0.3 is 0 Å². The van der Waals surface area contributed by atoms with Crippen molar-refractivity contribution in [3.8, 4) is 0 Å². The van der Waals surface area contributed by atoms with Gasteiger partial charge in [-0.15, -0.1) is 0 Å². The first-order chi connectivity index (χ1) is 10.7. The van der Waals surface area contributed by atoms with E-state index in [2.05, 4.69) is 0 Å². The molecule has 0 unspecified atom stereocenters. The zero-order valence-corrected chi connectivity index (χ0v) is 12.3. The topological polar surface area (TPSA) is 66.9 Å². The van der Waals surface area contributed by atoms with Crippen LogP contribution in [0.5, 0.6) is 0 Å². The second kappa shape index (κ2) is 6.27. The van der Waals surface area contributed by atoms with Crippen molar-refractivity contribution >= 4 is 23.4 Å². The average molecular weight is 302 g/mol. The van der Waals surface area contributed by atoms with Crippen molar-refractivity contribution < 1.29 is 19.1 Å². The molecule has 6 nitrogen and oxygen atoms in total. The fraction of sp³-hybridized carbons (Fsp3) is 0.438. The third-order valence-electron chi connectivity index (χ3n) is 4.00. The highest BCUT2D eigenvalue weighted by molar-refractivity contribution is 6.02. The molecule has 1 fully saturated rings. The summed E-state index contributed by atoms with van der Waals surface area (Å²) in [6.45, 7) is 1.61. The number of amides is 3. The summed E-state index contributed by atoms with van der Waals surface area (Å²) >= 11 is 0. The lowest BCUT2D eigenvalue weighted by atomic mass is 10.1. The molecule has 1 aromatic carbocycles. The van der Waals surface area contributed by atoms with Crippen LogP contribution in [0.25, 0.3) is 0 Å². The molecular weight excluding hydrogens is 284 g/mol. The van der Waals surface area contributed by atoms with Crippen LogP contribution in [0.4, 0.5) is 5.69 Å². The van der Waals surface area contributed by atoms with Gasteiger partial charge in [0.25, 0.3) is 0 Å². The molecule has 0 atom stereocenters. The zero-order valence-electron chi connectivity index (χ0n) is 12.3. The Morgan fingerprint density at radius 3 is 2.64 bits per heavy atom. The number of hydrogen-bond donors (Lipinski definition) is 0. The normalized spacial score (nSPS) is 18.4. The molecule has 0 spiro atoms. The van der Waals surface area contributed by atoms with Gasteiger partial charge in [-0.05, 0) is 6.07 Å². The number of imide groups is 1. The Hall–Kier alpha value is -2.21. The van der Waals surface area contributed by atoms with Crippen molar-refractivity contribution in [2.24, 2.45) is 0 Å². The Morgan fingerprint density at radius 1 is 1.14 bits per heavy atom. The van der Waals surface area contributed by atoms with Crippen LogP contribution >= 0.6 is 0 Å². The minimum Gasteiger partial charge on any atom is -0.375 e. The minimum atomic E-state index is -0.183. The van der Waals surface area contributed by atoms with Gasteiger partial charge in [-0.2, -0.15) is 0 Å². The van der Waals surface area contributed by atoms with Gasteiger partial charge < -0.3 is 9.64 Å². The van der Waals surface area contributed by atoms with Gasteiger partial charge in [0.15, 0.2) is 0 Å². The Morgan fingerprint density at radius 2 is 1.86 bits per heavy atom. The molecule has 2 heterocycles. The van der Waals surface area contributed by atoms with E-state index in [0.717, 1.165) is 11.3 Å². The van der Waals surface area contributed by atoms with Crippen LogP contribution in [0.2, 0.25) is 0 Å². The van der Waals surface area contributed by atoms with Crippen LogP contribution in [0.1, 0.15) is 24.8 Å². The van der Waals surface area contributed by atoms with Crippen molar-refractivity contribution in [1.29, 1.82) is 0 Å². The number of ether oxygens (including phenoxy) is 1. The molecule has 6 heteroatoms. The monoisotopic (exact) mass is 302 g/mol. The van der Waals surface area contributed by atoms with Gasteiger partial charge in [-0.25, -0.2) is 0 Å². The quantitative estimate of drug-likeness (QED) is 0.784. The van der Waals surface area contributed by atoms with E-state index in [1.807, 2.05) is 24.3 Å². The molecule has 3 rings (SSSR count). The Labute approximate surface area is 128 Å². The van der Waals surface area contributed by atoms with Crippen LogP contribution in [0.3, 0.4) is 0 Å². The molecule has 0 aliphatic carbocycles. The fourth-order valence-corrected chi connectivity index (χ4v) is 2.83. The number of likely N-dealkylation sites (tertiary alicyclic amines) is 1. The second-order valence-corrected chi connectivity index (χ2v) is 5.42. The van der Waals surface area contributed by atoms with Gasteiger partial charge in [0.05, 0.1) is 13.2 Å². The first-order valence-corrected chi connectivity index (χ1v) is 7.46. The molecule has 3 amide bonds. The second-order valence-electron chi connectivity index (χ2n) is 5.42. The summed E-state index contributed by atoms with van der Waals surface area (Å²) in [5.41, 5.74) is 1.82. The van der Waals surface area contributed by atoms with E-state index in [9.17, 15) is 14.4 Å². The summed E-state index contributed by atoms with van der Waals surface area (Å²) in [4.78, 5) is 38.6. The minimum absolute atomic E-state index is 0.0922. The van der Waals surface area contributed by atoms with E-state index >= 15 is 0 Å². The first kappa shape index (κ1) is 14.7. The van der Waals surface area contributed by atoms with Gasteiger partial charge in [-0.3, -0.25) is 19.3 Å². The number of carbonyl (C=O) groups excluding carboxylic acids is 3. The van der Waals surface area contributed by atoms with Crippen LogP contribution in [0, 0.1) is 0 Å². The maximum atomic E-state index is 12.5. The van der Waals surface area contributed by atoms with Crippen LogP contribution in [-0.2, 0) is 25.7 Å². The third-order valence-corrected chi connectivity index (χ3v) is 4.00. The number of benzene rings is 1. The molecule has 0 radical (unpaired) electrons. The smallest absolute Gasteiger partial charge is 0.229 e. The van der Waals surface area contributed by atoms with Gasteiger partial charge in [0.1, 0.15) is 0 Å². The van der Waals surface area contributed by atoms with Crippen LogP contribution in [-0.4, -0.2) is 42.3 Å². The van der Waals surface area contributed by atoms with Crippen LogP contribution in [0.15, 0.2) is 24.3 Å². The van der Waals surface area contributed by atoms with Gasteiger partial charge in [-0.1, -0.05) is 18.2 Å². The van der Waals surface area contributed by atoms with E-state index in [4.69, 9.17) is 4.74 Å². The maximum Gasteiger partial charge on any atom is 0.229 e. The highest BCUT2D eigenvalue weighted by Gasteiger charge is 2.30. The maximum absolute atomic E-state index is 12.5. The molecule has 0 bridgehead atoms. The zero-order chi connectivity index (χ0) is 15.5. The summed E-state index contributed by atoms with van der Waals surface area (Å²) in [6.07, 6.45) is 0.659. The Bertz CT molecular complexity index is 598. The number of carbonyl (C=O) groups is 3. The number of rotatable bonds is 3. The third kappa shape index (κ3) is 2.87. The number of nitrogens with zero attached hydrogens (tertiary/aromatic N) is 2. The van der Waals surface area contributed by atoms with Crippen molar-refractivity contribution in [1.82, 2.24) is 4.90 Å². The molecule has 1 aromatic rings. The van der Waals surface area contributed by atoms with Crippen LogP contribution < -0.4 is 4.90 Å². The molecule has 0 saturated carbocycles. The van der Waals surface area contributed by atoms with Crippen molar-refractivity contribution in [2.75, 3.05) is 24.6 Å². The van der Waals surface area contributed by atoms with E-state index in [-0.39, 0.29) is 43.5 Å². The summed E-state index contributed by atoms with van der Waals surface area (Å²) < 4.78 is 5.50. The van der Waals surface area contributed by atoms with Crippen molar-refractivity contribution in [3.63, 3.8) is 0 Å². The molecule has 1 saturated heterocycles. The number of hydrogen-bond acceptors (Lipinski definition) is 4. The molecule has 2 aliphatic rings. The lowest BCUT2D eigenvalue weighted by Crippen LogP contribution is -2.37. The number of anilines is 1. The Balaban J connectivity index is 1.69. The SMILES string of the molecule is O=C1CCC(=O)N1CCC(=O)N1CCOCc2ccccc21. The predicted molar refractivity (Wildman–Crippen MR) is 79.0 cm³/mol. The largest absolute Gasteiger partial charge is 0.375 e. The molecule has 2 aliphatic heterocycles. The number of fused-ring (bicyclic) bond motifs is 1. The van der Waals surface area contributed by atoms with Crippen molar-refractivity contribution in [2.45, 2.75) is 25.9 Å². The molecule has 116 valence electrons. The molecule has 0 aromatic heterocycles. The fourth-order valence-electron chi connectivity index (χ4n) is 2.83. The van der Waals surface area contributed by atoms with E-state index in [0.29, 0.717) is 19.8 Å². The summed E-state index contributed by atoms with van der Waals surface area (Å²) in [6, 6.07) is 7.64. The van der Waals surface area contributed by atoms with E-state index in [1.54, 1.807) is 4.90 Å². The van der Waals surface area contributed by atoms with Gasteiger partial charge in [0.2, 0.25) is 17.7 Å². The number of para-hydroxylation sites is 1. The highest BCUT2D eigenvalue weighted by atomic mass is 16.5. The molecule has 0 N–H and O–H groups in total. The van der Waals surface area contributed by atoms with E-state index in [1.165, 1.54) is 4.90 Å². The summed E-state index contributed by atoms with van der Waals surface area (Å²) in [5.74, 6) is -0.458. The highest BCUT2D eigenvalue weighted by Crippen LogP contribution is 2.24.